The van der Waals surface area contributed by atoms with E-state index in [9.17, 15) is 19.2 Å². The first-order chi connectivity index (χ1) is 5.61. The number of rotatable bonds is 0. The van der Waals surface area contributed by atoms with Crippen molar-refractivity contribution in [3.8, 4) is 0 Å². The zero-order valence-corrected chi connectivity index (χ0v) is 6.46. The highest BCUT2D eigenvalue weighted by Crippen LogP contribution is 2.06. The standard InChI is InChI=1S/C8H8O4/c9-5-1-2-6(10)8(12)4-3-7(5)11/h1-4H2. The van der Waals surface area contributed by atoms with Crippen molar-refractivity contribution in [1.82, 2.24) is 0 Å². The molecule has 0 saturated heterocycles. The van der Waals surface area contributed by atoms with E-state index >= 15 is 0 Å². The third kappa shape index (κ3) is 1.84. The third-order valence-electron chi connectivity index (χ3n) is 1.78. The van der Waals surface area contributed by atoms with Gasteiger partial charge in [0, 0.05) is 25.7 Å². The molecule has 0 aliphatic heterocycles. The van der Waals surface area contributed by atoms with E-state index in [0.717, 1.165) is 0 Å². The smallest absolute Gasteiger partial charge is 0.198 e. The molecule has 0 amide bonds. The fourth-order valence-electron chi connectivity index (χ4n) is 1.01. The Balaban J connectivity index is 2.69. The van der Waals surface area contributed by atoms with Gasteiger partial charge < -0.3 is 0 Å². The largest absolute Gasteiger partial charge is 0.291 e. The molecule has 0 radical (unpaired) electrons. The predicted molar refractivity (Wildman–Crippen MR) is 38.5 cm³/mol. The fraction of sp³-hybridized carbons (Fsp3) is 0.500. The topological polar surface area (TPSA) is 68.3 Å². The van der Waals surface area contributed by atoms with Gasteiger partial charge in [0.05, 0.1) is 0 Å². The Morgan fingerprint density at radius 2 is 0.667 bits per heavy atom. The van der Waals surface area contributed by atoms with E-state index in [1.165, 1.54) is 0 Å². The summed E-state index contributed by atoms with van der Waals surface area (Å²) in [7, 11) is 0. The van der Waals surface area contributed by atoms with E-state index in [1.807, 2.05) is 0 Å². The van der Waals surface area contributed by atoms with Crippen molar-refractivity contribution in [1.29, 1.82) is 0 Å². The summed E-state index contributed by atoms with van der Waals surface area (Å²) >= 11 is 0. The van der Waals surface area contributed by atoms with Gasteiger partial charge in [0.25, 0.3) is 0 Å². The van der Waals surface area contributed by atoms with Crippen LogP contribution in [0.15, 0.2) is 0 Å². The lowest BCUT2D eigenvalue weighted by atomic mass is 9.97. The summed E-state index contributed by atoms with van der Waals surface area (Å²) in [5.74, 6) is -2.13. The Morgan fingerprint density at radius 3 is 0.833 bits per heavy atom. The lowest BCUT2D eigenvalue weighted by Crippen LogP contribution is -2.24. The molecule has 1 aliphatic carbocycles. The first kappa shape index (κ1) is 8.77. The summed E-state index contributed by atoms with van der Waals surface area (Å²) in [5, 5.41) is 0. The molecule has 1 fully saturated rings. The van der Waals surface area contributed by atoms with E-state index < -0.39 is 23.1 Å². The second-order valence-corrected chi connectivity index (χ2v) is 2.69. The average molecular weight is 168 g/mol. The normalized spacial score (nSPS) is 20.7. The molecule has 0 bridgehead atoms. The van der Waals surface area contributed by atoms with Crippen LogP contribution in [0.4, 0.5) is 0 Å². The number of carbonyl (C=O) groups excluding carboxylic acids is 4. The monoisotopic (exact) mass is 168 g/mol. The molecular formula is C8H8O4. The molecule has 0 spiro atoms. The maximum Gasteiger partial charge on any atom is 0.198 e. The second kappa shape index (κ2) is 3.38. The minimum Gasteiger partial charge on any atom is -0.291 e. The summed E-state index contributed by atoms with van der Waals surface area (Å²) in [4.78, 5) is 43.2. The number of carbonyl (C=O) groups is 4. The van der Waals surface area contributed by atoms with Gasteiger partial charge in [0.1, 0.15) is 0 Å². The molecule has 1 rings (SSSR count). The Labute approximate surface area is 68.9 Å². The summed E-state index contributed by atoms with van der Waals surface area (Å²) in [6.07, 6.45) is -0.431. The minimum absolute atomic E-state index is 0.108. The van der Waals surface area contributed by atoms with Gasteiger partial charge in [-0.15, -0.1) is 0 Å². The van der Waals surface area contributed by atoms with Crippen LogP contribution in [0.2, 0.25) is 0 Å². The first-order valence-corrected chi connectivity index (χ1v) is 3.73. The molecule has 64 valence electrons. The maximum absolute atomic E-state index is 10.8. The molecule has 0 atom stereocenters. The Bertz CT molecular complexity index is 208. The molecule has 0 unspecified atom stereocenters. The van der Waals surface area contributed by atoms with E-state index in [1.54, 1.807) is 0 Å². The van der Waals surface area contributed by atoms with Crippen LogP contribution in [0.1, 0.15) is 25.7 Å². The van der Waals surface area contributed by atoms with Crippen LogP contribution in [0.3, 0.4) is 0 Å². The summed E-state index contributed by atoms with van der Waals surface area (Å²) in [6, 6.07) is 0. The fourth-order valence-corrected chi connectivity index (χ4v) is 1.01. The van der Waals surface area contributed by atoms with Crippen molar-refractivity contribution >= 4 is 23.1 Å². The molecular weight excluding hydrogens is 160 g/mol. The molecule has 0 aromatic heterocycles. The number of hydrogen-bond donors (Lipinski definition) is 0. The van der Waals surface area contributed by atoms with E-state index in [-0.39, 0.29) is 25.7 Å². The molecule has 0 aromatic rings. The van der Waals surface area contributed by atoms with Crippen LogP contribution in [0.25, 0.3) is 0 Å². The zero-order valence-electron chi connectivity index (χ0n) is 6.46. The van der Waals surface area contributed by atoms with Crippen LogP contribution < -0.4 is 0 Å². The van der Waals surface area contributed by atoms with Gasteiger partial charge in [-0.25, -0.2) is 0 Å². The molecule has 1 aliphatic rings. The molecule has 12 heavy (non-hydrogen) atoms. The van der Waals surface area contributed by atoms with Gasteiger partial charge >= 0.3 is 0 Å². The van der Waals surface area contributed by atoms with Gasteiger partial charge in [0.15, 0.2) is 23.1 Å². The number of Topliss-reactive ketones (excluding diaryl/α,β-unsaturated/α-hetero) is 4. The molecule has 4 heteroatoms. The predicted octanol–water partition coefficient (Wildman–Crippen LogP) is -0.163. The first-order valence-electron chi connectivity index (χ1n) is 3.73. The maximum atomic E-state index is 10.8. The Hall–Kier alpha value is -1.32. The molecule has 1 saturated carbocycles. The molecule has 4 nitrogen and oxygen atoms in total. The van der Waals surface area contributed by atoms with Crippen molar-refractivity contribution in [2.24, 2.45) is 0 Å². The summed E-state index contributed by atoms with van der Waals surface area (Å²) < 4.78 is 0. The van der Waals surface area contributed by atoms with Crippen LogP contribution >= 0.6 is 0 Å². The lowest BCUT2D eigenvalue weighted by Gasteiger charge is -2.03. The van der Waals surface area contributed by atoms with Crippen molar-refractivity contribution in [3.05, 3.63) is 0 Å². The average Bonchev–Trinajstić information content (AvgIpc) is 2.07. The highest BCUT2D eigenvalue weighted by atomic mass is 16.2. The van der Waals surface area contributed by atoms with Crippen molar-refractivity contribution in [2.75, 3.05) is 0 Å². The van der Waals surface area contributed by atoms with Gasteiger partial charge in [-0.1, -0.05) is 0 Å². The van der Waals surface area contributed by atoms with Crippen LogP contribution in [0, 0.1) is 0 Å². The van der Waals surface area contributed by atoms with Gasteiger partial charge in [-0.3, -0.25) is 19.2 Å². The highest BCUT2D eigenvalue weighted by molar-refractivity contribution is 6.43. The molecule has 0 heterocycles. The van der Waals surface area contributed by atoms with Crippen LogP contribution in [-0.4, -0.2) is 23.1 Å². The zero-order chi connectivity index (χ0) is 9.14. The number of ketones is 4. The molecule has 0 N–H and O–H groups in total. The quantitative estimate of drug-likeness (QED) is 0.471. The Morgan fingerprint density at radius 1 is 0.500 bits per heavy atom. The SMILES string of the molecule is O=C1CCC(=O)C(=O)CCC1=O. The van der Waals surface area contributed by atoms with Gasteiger partial charge in [-0.05, 0) is 0 Å². The lowest BCUT2D eigenvalue weighted by molar-refractivity contribution is -0.142. The van der Waals surface area contributed by atoms with Crippen LogP contribution in [0.5, 0.6) is 0 Å². The Kier molecular flexibility index (Phi) is 2.47. The van der Waals surface area contributed by atoms with Crippen LogP contribution in [-0.2, 0) is 19.2 Å². The van der Waals surface area contributed by atoms with E-state index in [0.29, 0.717) is 0 Å². The second-order valence-electron chi connectivity index (χ2n) is 2.69. The van der Waals surface area contributed by atoms with Crippen molar-refractivity contribution in [3.63, 3.8) is 0 Å². The van der Waals surface area contributed by atoms with Gasteiger partial charge in [0.2, 0.25) is 0 Å². The summed E-state index contributed by atoms with van der Waals surface area (Å²) in [5.41, 5.74) is 0. The number of hydrogen-bond acceptors (Lipinski definition) is 4. The highest BCUT2D eigenvalue weighted by Gasteiger charge is 2.23. The summed E-state index contributed by atoms with van der Waals surface area (Å²) in [6.45, 7) is 0. The van der Waals surface area contributed by atoms with E-state index in [2.05, 4.69) is 0 Å². The molecule has 0 aromatic carbocycles. The van der Waals surface area contributed by atoms with Crippen molar-refractivity contribution < 1.29 is 19.2 Å². The van der Waals surface area contributed by atoms with Gasteiger partial charge in [-0.2, -0.15) is 0 Å². The van der Waals surface area contributed by atoms with Crippen molar-refractivity contribution in [2.45, 2.75) is 25.7 Å². The van der Waals surface area contributed by atoms with E-state index in [4.69, 9.17) is 0 Å². The minimum atomic E-state index is -0.532. The third-order valence-corrected chi connectivity index (χ3v) is 1.78.